The molecule has 0 aliphatic carbocycles. The van der Waals surface area contributed by atoms with Gasteiger partial charge in [0.25, 0.3) is 0 Å². The molecule has 2 saturated heterocycles. The molecule has 7 rings (SSSR count). The molecule has 62 heavy (non-hydrogen) atoms. The highest BCUT2D eigenvalue weighted by Crippen LogP contribution is 2.52. The molecule has 3 atom stereocenters. The number of ether oxygens (including phenoxy) is 4. The van der Waals surface area contributed by atoms with Crippen LogP contribution in [0, 0.1) is 34.3 Å². The smallest absolute Gasteiger partial charge is 0.412 e. The predicted molar refractivity (Wildman–Crippen MR) is 229 cm³/mol. The molecule has 2 fully saturated rings. The first-order valence-electron chi connectivity index (χ1n) is 20.3. The molecule has 0 spiro atoms. The molecule has 5 heterocycles. The molecule has 2 aromatic carbocycles. The van der Waals surface area contributed by atoms with E-state index in [1.54, 1.807) is 53.5 Å². The van der Waals surface area contributed by atoms with Crippen molar-refractivity contribution >= 4 is 66.9 Å². The Hall–Kier alpha value is -5.30. The lowest BCUT2D eigenvalue weighted by Crippen LogP contribution is -2.43. The third-order valence-electron chi connectivity index (χ3n) is 11.0. The molecule has 0 radical (unpaired) electrons. The van der Waals surface area contributed by atoms with Crippen molar-refractivity contribution in [3.05, 3.63) is 34.4 Å². The number of nitriles is 2. The van der Waals surface area contributed by atoms with Gasteiger partial charge in [0.15, 0.2) is 11.6 Å². The minimum atomic E-state index is -1.04. The number of benzene rings is 2. The number of fused-ring (bicyclic) bond motifs is 2. The molecule has 2 amide bonds. The molecule has 330 valence electrons. The Kier molecular flexibility index (Phi) is 12.3. The number of hydrogen-bond donors (Lipinski definition) is 1. The lowest BCUT2D eigenvalue weighted by molar-refractivity contribution is 0.0297. The Bertz CT molecular complexity index is 2520. The van der Waals surface area contributed by atoms with Crippen LogP contribution in [-0.4, -0.2) is 107 Å². The average molecular weight is 897 g/mol. The van der Waals surface area contributed by atoms with Gasteiger partial charge in [0.2, 0.25) is 0 Å². The van der Waals surface area contributed by atoms with Crippen molar-refractivity contribution in [1.29, 1.82) is 10.5 Å². The SMILES string of the molecule is CN(CCCN1c2nc(OC[C@@]34CCCN3C[C@H](F)C4)nc3c(F)c(-c4ccc(F)c5sc(NC(=O)OC(C)(C)C)c(C#N)c45)c(Cl)c(c23)OCC1CC#N)C(=O)OC(C)(C)C. The van der Waals surface area contributed by atoms with Crippen LogP contribution < -0.4 is 19.7 Å². The molecule has 4 aromatic rings. The molecule has 3 aliphatic rings. The minimum Gasteiger partial charge on any atom is -0.489 e. The minimum absolute atomic E-state index is 0.0126. The quantitative estimate of drug-likeness (QED) is 0.161. The molecule has 3 aliphatic heterocycles. The maximum Gasteiger partial charge on any atom is 0.412 e. The molecule has 1 unspecified atom stereocenters. The maximum absolute atomic E-state index is 17.7. The van der Waals surface area contributed by atoms with Crippen LogP contribution >= 0.6 is 22.9 Å². The summed E-state index contributed by atoms with van der Waals surface area (Å²) in [5.74, 6) is -1.57. The Morgan fingerprint density at radius 3 is 2.56 bits per heavy atom. The molecular formula is C43H48ClF3N8O6S. The average Bonchev–Trinajstić information content (AvgIpc) is 3.81. The second-order valence-electron chi connectivity index (χ2n) is 17.9. The molecule has 1 N–H and O–H groups in total. The normalized spacial score (nSPS) is 20.0. The highest BCUT2D eigenvalue weighted by atomic mass is 35.5. The van der Waals surface area contributed by atoms with Crippen molar-refractivity contribution in [3.8, 4) is 35.0 Å². The molecule has 19 heteroatoms. The zero-order valence-electron chi connectivity index (χ0n) is 35.6. The van der Waals surface area contributed by atoms with Gasteiger partial charge in [-0.05, 0) is 79.0 Å². The fourth-order valence-corrected chi connectivity index (χ4v) is 9.81. The Labute approximate surface area is 366 Å². The van der Waals surface area contributed by atoms with Crippen LogP contribution in [0.5, 0.6) is 11.8 Å². The summed E-state index contributed by atoms with van der Waals surface area (Å²) >= 11 is 7.95. The summed E-state index contributed by atoms with van der Waals surface area (Å²) in [6, 6.07) is 5.76. The summed E-state index contributed by atoms with van der Waals surface area (Å²) in [4.78, 5) is 40.3. The monoisotopic (exact) mass is 896 g/mol. The number of hydrogen-bond acceptors (Lipinski definition) is 13. The zero-order valence-corrected chi connectivity index (χ0v) is 37.2. The third-order valence-corrected chi connectivity index (χ3v) is 12.5. The molecule has 0 bridgehead atoms. The van der Waals surface area contributed by atoms with E-state index < -0.39 is 52.8 Å². The number of thiophene rings is 1. The van der Waals surface area contributed by atoms with E-state index in [4.69, 9.17) is 35.5 Å². The number of carbonyl (C=O) groups excluding carboxylic acids is 2. The fourth-order valence-electron chi connectivity index (χ4n) is 8.41. The zero-order chi connectivity index (χ0) is 44.9. The van der Waals surface area contributed by atoms with E-state index in [9.17, 15) is 24.5 Å². The summed E-state index contributed by atoms with van der Waals surface area (Å²) in [6.07, 6.45) is -0.319. The van der Waals surface area contributed by atoms with E-state index >= 15 is 8.78 Å². The van der Waals surface area contributed by atoms with Crippen molar-refractivity contribution in [2.45, 2.75) is 103 Å². The Morgan fingerprint density at radius 2 is 1.87 bits per heavy atom. The van der Waals surface area contributed by atoms with Gasteiger partial charge in [-0.15, -0.1) is 11.3 Å². The van der Waals surface area contributed by atoms with E-state index in [2.05, 4.69) is 21.3 Å². The van der Waals surface area contributed by atoms with Crippen molar-refractivity contribution in [2.75, 3.05) is 56.7 Å². The van der Waals surface area contributed by atoms with Crippen LogP contribution in [0.1, 0.15) is 79.2 Å². The van der Waals surface area contributed by atoms with E-state index in [1.807, 2.05) is 6.07 Å². The van der Waals surface area contributed by atoms with Crippen LogP contribution in [0.25, 0.3) is 32.1 Å². The third kappa shape index (κ3) is 8.82. The van der Waals surface area contributed by atoms with Gasteiger partial charge in [0.1, 0.15) is 58.8 Å². The highest BCUT2D eigenvalue weighted by molar-refractivity contribution is 7.23. The number of carbonyl (C=O) groups is 2. The largest absolute Gasteiger partial charge is 0.489 e. The number of rotatable bonds is 10. The standard InChI is InChI=1S/C43H48ClF3N8O6S/c1-41(2,3)60-39(56)52-37-26(19-49)28-25(10-11-27(46)35(28)62-37)29-31(44)34-30-33(32(29)47)50-38(59-22-43-13-8-16-54(43)20-23(45)18-43)51-36(30)55(24(12-14-48)21-58-34)17-9-15-53(7)40(57)61-42(4,5)6/h10-11,23-24H,8-9,12-13,15-18,20-22H2,1-7H3,(H,52,56)/t23-,24?,43+/m1/s1. The highest BCUT2D eigenvalue weighted by Gasteiger charge is 2.49. The molecule has 14 nitrogen and oxygen atoms in total. The topological polar surface area (TPSA) is 166 Å². The van der Waals surface area contributed by atoms with Gasteiger partial charge in [-0.1, -0.05) is 17.7 Å². The van der Waals surface area contributed by atoms with Gasteiger partial charge in [-0.25, -0.2) is 22.8 Å². The number of anilines is 2. The first kappa shape index (κ1) is 44.7. The van der Waals surface area contributed by atoms with Gasteiger partial charge < -0.3 is 28.7 Å². The van der Waals surface area contributed by atoms with Gasteiger partial charge in [0, 0.05) is 44.1 Å². The van der Waals surface area contributed by atoms with Crippen LogP contribution in [-0.2, 0) is 9.47 Å². The number of alkyl halides is 1. The van der Waals surface area contributed by atoms with Gasteiger partial charge in [0.05, 0.1) is 44.7 Å². The summed E-state index contributed by atoms with van der Waals surface area (Å²) in [5, 5.41) is 22.8. The number of nitrogens with zero attached hydrogens (tertiary/aromatic N) is 7. The van der Waals surface area contributed by atoms with E-state index in [-0.39, 0.29) is 111 Å². The maximum atomic E-state index is 17.7. The summed E-state index contributed by atoms with van der Waals surface area (Å²) in [7, 11) is 1.61. The first-order valence-corrected chi connectivity index (χ1v) is 21.5. The fraction of sp³-hybridized carbons (Fsp3) is 0.535. The lowest BCUT2D eigenvalue weighted by Gasteiger charge is -2.32. The Morgan fingerprint density at radius 1 is 1.13 bits per heavy atom. The molecule has 0 saturated carbocycles. The van der Waals surface area contributed by atoms with Crippen molar-refractivity contribution < 1.29 is 41.7 Å². The number of nitrogens with one attached hydrogen (secondary N) is 1. The number of halogens is 4. The van der Waals surface area contributed by atoms with Crippen LogP contribution in [0.4, 0.5) is 33.6 Å². The van der Waals surface area contributed by atoms with Crippen molar-refractivity contribution in [3.63, 3.8) is 0 Å². The van der Waals surface area contributed by atoms with E-state index in [1.165, 1.54) is 11.0 Å². The Balaban J connectivity index is 1.38. The van der Waals surface area contributed by atoms with Crippen LogP contribution in [0.15, 0.2) is 12.1 Å². The van der Waals surface area contributed by atoms with Crippen LogP contribution in [0.3, 0.4) is 0 Å². The van der Waals surface area contributed by atoms with Gasteiger partial charge >= 0.3 is 18.2 Å². The van der Waals surface area contributed by atoms with Crippen molar-refractivity contribution in [2.24, 2.45) is 0 Å². The predicted octanol–water partition coefficient (Wildman–Crippen LogP) is 9.36. The summed E-state index contributed by atoms with van der Waals surface area (Å²) in [5.41, 5.74) is -2.88. The second-order valence-corrected chi connectivity index (χ2v) is 19.3. The summed E-state index contributed by atoms with van der Waals surface area (Å²) in [6.45, 7) is 11.7. The van der Waals surface area contributed by atoms with Gasteiger partial charge in [-0.3, -0.25) is 10.2 Å². The van der Waals surface area contributed by atoms with E-state index in [0.717, 1.165) is 23.8 Å². The first-order chi connectivity index (χ1) is 29.2. The van der Waals surface area contributed by atoms with E-state index in [0.29, 0.717) is 19.4 Å². The second kappa shape index (κ2) is 17.1. The lowest BCUT2D eigenvalue weighted by atomic mass is 9.95. The molecular weight excluding hydrogens is 849 g/mol. The molecule has 2 aromatic heterocycles. The van der Waals surface area contributed by atoms with Crippen molar-refractivity contribution in [1.82, 2.24) is 19.8 Å². The number of amides is 2. The summed E-state index contributed by atoms with van der Waals surface area (Å²) < 4.78 is 71.7. The van der Waals surface area contributed by atoms with Crippen LogP contribution in [0.2, 0.25) is 5.02 Å². The van der Waals surface area contributed by atoms with Gasteiger partial charge in [-0.2, -0.15) is 20.5 Å². The number of aromatic nitrogens is 2.